The average molecular weight is 237 g/mol. The van der Waals surface area contributed by atoms with E-state index in [4.69, 9.17) is 9.94 Å². The normalized spacial score (nSPS) is 10.5. The number of carbonyl (C=O) groups is 1. The van der Waals surface area contributed by atoms with E-state index in [1.54, 1.807) is 0 Å². The predicted molar refractivity (Wildman–Crippen MR) is 65.5 cm³/mol. The Kier molecular flexibility index (Phi) is 5.49. The van der Waals surface area contributed by atoms with Gasteiger partial charge in [-0.25, -0.2) is 4.79 Å². The molecular weight excluding hydrogens is 218 g/mol. The number of hydrogen-bond acceptors (Lipinski definition) is 2. The van der Waals surface area contributed by atoms with Crippen LogP contribution in [0, 0.1) is 0 Å². The third-order valence-corrected chi connectivity index (χ3v) is 2.68. The minimum absolute atomic E-state index is 0.0868. The van der Waals surface area contributed by atoms with Gasteiger partial charge in [-0.05, 0) is 18.4 Å². The standard InChI is InChI=1S/C13H19NO3/c1-3-12(4-2)14(13(15)16)17-10-11-8-6-5-7-9-11/h5-9,12H,3-4,10H2,1-2H3,(H,15,16). The molecule has 0 unspecified atom stereocenters. The van der Waals surface area contributed by atoms with Gasteiger partial charge >= 0.3 is 6.09 Å². The van der Waals surface area contributed by atoms with Gasteiger partial charge in [0.2, 0.25) is 0 Å². The van der Waals surface area contributed by atoms with Crippen molar-refractivity contribution in [3.63, 3.8) is 0 Å². The molecular formula is C13H19NO3. The molecule has 1 aromatic carbocycles. The molecule has 4 nitrogen and oxygen atoms in total. The van der Waals surface area contributed by atoms with E-state index in [9.17, 15) is 4.79 Å². The van der Waals surface area contributed by atoms with Crippen LogP contribution in [0.1, 0.15) is 32.3 Å². The van der Waals surface area contributed by atoms with Crippen molar-refractivity contribution in [3.8, 4) is 0 Å². The number of carboxylic acid groups (broad SMARTS) is 1. The van der Waals surface area contributed by atoms with Crippen LogP contribution < -0.4 is 0 Å². The van der Waals surface area contributed by atoms with Crippen LogP contribution in [-0.4, -0.2) is 22.3 Å². The van der Waals surface area contributed by atoms with E-state index in [1.165, 1.54) is 0 Å². The van der Waals surface area contributed by atoms with E-state index in [0.29, 0.717) is 0 Å². The van der Waals surface area contributed by atoms with Gasteiger partial charge in [-0.15, -0.1) is 0 Å². The summed E-state index contributed by atoms with van der Waals surface area (Å²) in [6.45, 7) is 4.19. The average Bonchev–Trinajstić information content (AvgIpc) is 2.35. The molecule has 0 aliphatic carbocycles. The van der Waals surface area contributed by atoms with Gasteiger partial charge in [0.15, 0.2) is 0 Å². The smallest absolute Gasteiger partial charge is 0.431 e. The maximum Gasteiger partial charge on any atom is 0.431 e. The molecule has 4 heteroatoms. The van der Waals surface area contributed by atoms with E-state index < -0.39 is 6.09 Å². The summed E-state index contributed by atoms with van der Waals surface area (Å²) in [5.74, 6) is 0. The fourth-order valence-electron chi connectivity index (χ4n) is 1.66. The first-order chi connectivity index (χ1) is 8.19. The molecule has 0 aliphatic rings. The molecule has 0 saturated carbocycles. The Bertz CT molecular complexity index is 336. The van der Waals surface area contributed by atoms with E-state index >= 15 is 0 Å². The first-order valence-corrected chi connectivity index (χ1v) is 5.88. The van der Waals surface area contributed by atoms with E-state index in [0.717, 1.165) is 23.5 Å². The minimum atomic E-state index is -1.03. The number of hydrogen-bond donors (Lipinski definition) is 1. The van der Waals surface area contributed by atoms with Crippen LogP contribution in [-0.2, 0) is 11.4 Å². The second kappa shape index (κ2) is 6.91. The van der Waals surface area contributed by atoms with Crippen molar-refractivity contribution in [2.24, 2.45) is 0 Å². The summed E-state index contributed by atoms with van der Waals surface area (Å²) in [5.41, 5.74) is 0.963. The molecule has 0 spiro atoms. The highest BCUT2D eigenvalue weighted by molar-refractivity contribution is 5.63. The van der Waals surface area contributed by atoms with Gasteiger partial charge in [0.05, 0.1) is 6.04 Å². The Labute approximate surface area is 102 Å². The highest BCUT2D eigenvalue weighted by Gasteiger charge is 2.21. The Balaban J connectivity index is 2.59. The molecule has 17 heavy (non-hydrogen) atoms. The molecule has 0 radical (unpaired) electrons. The van der Waals surface area contributed by atoms with Crippen LogP contribution in [0.2, 0.25) is 0 Å². The van der Waals surface area contributed by atoms with Gasteiger partial charge in [0, 0.05) is 0 Å². The number of nitrogens with zero attached hydrogens (tertiary/aromatic N) is 1. The molecule has 94 valence electrons. The van der Waals surface area contributed by atoms with Gasteiger partial charge < -0.3 is 5.11 Å². The maximum absolute atomic E-state index is 11.1. The maximum atomic E-state index is 11.1. The molecule has 0 saturated heterocycles. The van der Waals surface area contributed by atoms with Crippen molar-refractivity contribution >= 4 is 6.09 Å². The molecule has 1 N–H and O–H groups in total. The summed E-state index contributed by atoms with van der Waals surface area (Å²) in [6.07, 6.45) is 0.462. The third kappa shape index (κ3) is 4.07. The number of benzene rings is 1. The highest BCUT2D eigenvalue weighted by atomic mass is 16.7. The second-order valence-electron chi connectivity index (χ2n) is 3.84. The van der Waals surface area contributed by atoms with Gasteiger partial charge in [-0.2, -0.15) is 5.06 Å². The molecule has 1 aromatic rings. The summed E-state index contributed by atoms with van der Waals surface area (Å²) in [7, 11) is 0. The third-order valence-electron chi connectivity index (χ3n) is 2.68. The molecule has 0 atom stereocenters. The van der Waals surface area contributed by atoms with E-state index in [1.807, 2.05) is 44.2 Å². The quantitative estimate of drug-likeness (QED) is 0.772. The van der Waals surface area contributed by atoms with Crippen molar-refractivity contribution in [1.29, 1.82) is 0 Å². The molecule has 0 fully saturated rings. The lowest BCUT2D eigenvalue weighted by Crippen LogP contribution is -2.38. The number of amides is 1. The SMILES string of the molecule is CCC(CC)N(OCc1ccccc1)C(=O)O. The zero-order valence-corrected chi connectivity index (χ0v) is 10.3. The van der Waals surface area contributed by atoms with Crippen molar-refractivity contribution in [1.82, 2.24) is 5.06 Å². The molecule has 1 rings (SSSR count). The topological polar surface area (TPSA) is 49.8 Å². The Morgan fingerprint density at radius 3 is 2.35 bits per heavy atom. The second-order valence-corrected chi connectivity index (χ2v) is 3.84. The summed E-state index contributed by atoms with van der Waals surface area (Å²) in [5, 5.41) is 10.1. The van der Waals surface area contributed by atoms with Crippen LogP contribution in [0.5, 0.6) is 0 Å². The Hall–Kier alpha value is -1.55. The predicted octanol–water partition coefficient (Wildman–Crippen LogP) is 3.29. The fourth-order valence-corrected chi connectivity index (χ4v) is 1.66. The van der Waals surface area contributed by atoms with Gasteiger partial charge in [0.1, 0.15) is 6.61 Å². The van der Waals surface area contributed by atoms with Crippen LogP contribution in [0.15, 0.2) is 30.3 Å². The van der Waals surface area contributed by atoms with Gasteiger partial charge in [0.25, 0.3) is 0 Å². The Morgan fingerprint density at radius 2 is 1.88 bits per heavy atom. The zero-order chi connectivity index (χ0) is 12.7. The first-order valence-electron chi connectivity index (χ1n) is 5.88. The van der Waals surface area contributed by atoms with Gasteiger partial charge in [-0.3, -0.25) is 4.84 Å². The van der Waals surface area contributed by atoms with E-state index in [2.05, 4.69) is 0 Å². The minimum Gasteiger partial charge on any atom is -0.463 e. The number of rotatable bonds is 6. The number of hydroxylamine groups is 2. The van der Waals surface area contributed by atoms with Crippen molar-refractivity contribution < 1.29 is 14.7 Å². The lowest BCUT2D eigenvalue weighted by molar-refractivity contribution is -0.167. The fraction of sp³-hybridized carbons (Fsp3) is 0.462. The summed E-state index contributed by atoms with van der Waals surface area (Å²) in [4.78, 5) is 16.4. The summed E-state index contributed by atoms with van der Waals surface area (Å²) in [6, 6.07) is 9.46. The first kappa shape index (κ1) is 13.5. The highest BCUT2D eigenvalue weighted by Crippen LogP contribution is 2.12. The van der Waals surface area contributed by atoms with Crippen LogP contribution >= 0.6 is 0 Å². The largest absolute Gasteiger partial charge is 0.463 e. The van der Waals surface area contributed by atoms with E-state index in [-0.39, 0.29) is 12.6 Å². The zero-order valence-electron chi connectivity index (χ0n) is 10.3. The monoisotopic (exact) mass is 237 g/mol. The lowest BCUT2D eigenvalue weighted by Gasteiger charge is -2.26. The molecule has 1 amide bonds. The van der Waals surface area contributed by atoms with Crippen LogP contribution in [0.4, 0.5) is 4.79 Å². The summed E-state index contributed by atoms with van der Waals surface area (Å²) >= 11 is 0. The van der Waals surface area contributed by atoms with Crippen molar-refractivity contribution in [3.05, 3.63) is 35.9 Å². The molecule has 0 aliphatic heterocycles. The molecule has 0 heterocycles. The summed E-state index contributed by atoms with van der Waals surface area (Å²) < 4.78 is 0. The van der Waals surface area contributed by atoms with Crippen LogP contribution in [0.3, 0.4) is 0 Å². The Morgan fingerprint density at radius 1 is 1.29 bits per heavy atom. The van der Waals surface area contributed by atoms with Gasteiger partial charge in [-0.1, -0.05) is 44.2 Å². The molecule has 0 aromatic heterocycles. The van der Waals surface area contributed by atoms with Crippen molar-refractivity contribution in [2.45, 2.75) is 39.3 Å². The van der Waals surface area contributed by atoms with Crippen LogP contribution in [0.25, 0.3) is 0 Å². The lowest BCUT2D eigenvalue weighted by atomic mass is 10.2. The van der Waals surface area contributed by atoms with Crippen molar-refractivity contribution in [2.75, 3.05) is 0 Å². The molecule has 0 bridgehead atoms.